The summed E-state index contributed by atoms with van der Waals surface area (Å²) in [7, 11) is -3.85. The zero-order valence-electron chi connectivity index (χ0n) is 13.2. The Labute approximate surface area is 150 Å². The number of aromatic nitrogens is 1. The van der Waals surface area contributed by atoms with Gasteiger partial charge in [0.05, 0.1) is 5.75 Å². The van der Waals surface area contributed by atoms with Crippen LogP contribution in [-0.2, 0) is 15.6 Å². The van der Waals surface area contributed by atoms with Crippen LogP contribution in [0.15, 0.2) is 58.0 Å². The fourth-order valence-electron chi connectivity index (χ4n) is 2.35. The van der Waals surface area contributed by atoms with Crippen LogP contribution in [0.4, 0.5) is 0 Å². The average Bonchev–Trinajstić information content (AvgIpc) is 3.03. The van der Waals surface area contributed by atoms with E-state index >= 15 is 0 Å². The Bertz CT molecular complexity index is 1060. The number of sulfone groups is 1. The average molecular weight is 373 g/mol. The molecule has 0 atom stereocenters. The largest absolute Gasteiger partial charge is 0.423 e. The van der Waals surface area contributed by atoms with Crippen molar-refractivity contribution in [1.82, 2.24) is 4.98 Å². The molecule has 0 aliphatic rings. The molecule has 0 aliphatic carbocycles. The van der Waals surface area contributed by atoms with Crippen molar-refractivity contribution in [2.24, 2.45) is 0 Å². The quantitative estimate of drug-likeness (QED) is 0.686. The number of hydrogen-bond donors (Lipinski definition) is 0. The Morgan fingerprint density at radius 3 is 2.48 bits per heavy atom. The van der Waals surface area contributed by atoms with E-state index in [1.807, 2.05) is 19.1 Å². The third kappa shape index (κ3) is 3.58. The van der Waals surface area contributed by atoms with Gasteiger partial charge in [0.2, 0.25) is 15.7 Å². The van der Waals surface area contributed by atoms with Crippen LogP contribution in [0.5, 0.6) is 0 Å². The molecule has 126 valence electrons. The summed E-state index contributed by atoms with van der Waals surface area (Å²) < 4.78 is 30.9. The van der Waals surface area contributed by atoms with E-state index in [1.54, 1.807) is 42.5 Å². The van der Waals surface area contributed by atoms with Gasteiger partial charge in [0.15, 0.2) is 5.69 Å². The number of nitriles is 1. The monoisotopic (exact) mass is 372 g/mol. The van der Waals surface area contributed by atoms with Gasteiger partial charge in [0, 0.05) is 10.6 Å². The van der Waals surface area contributed by atoms with Gasteiger partial charge in [-0.25, -0.2) is 8.42 Å². The van der Waals surface area contributed by atoms with Gasteiger partial charge >= 0.3 is 0 Å². The second kappa shape index (κ2) is 6.71. The number of aryl methyl sites for hydroxylation is 1. The molecule has 0 saturated heterocycles. The van der Waals surface area contributed by atoms with E-state index in [9.17, 15) is 13.7 Å². The molecule has 7 heteroatoms. The highest BCUT2D eigenvalue weighted by atomic mass is 35.5. The number of rotatable bonds is 4. The minimum atomic E-state index is -3.85. The zero-order chi connectivity index (χ0) is 18.0. The van der Waals surface area contributed by atoms with E-state index in [1.165, 1.54) is 0 Å². The Morgan fingerprint density at radius 2 is 1.84 bits per heavy atom. The van der Waals surface area contributed by atoms with Gasteiger partial charge in [-0.1, -0.05) is 35.9 Å². The van der Waals surface area contributed by atoms with E-state index in [2.05, 4.69) is 4.98 Å². The minimum absolute atomic E-state index is 0.0663. The fourth-order valence-corrected chi connectivity index (χ4v) is 3.93. The SMILES string of the molecule is Cc1ccccc1CS(=O)(=O)c1oc(-c2ccc(Cl)cc2)nc1C#N. The van der Waals surface area contributed by atoms with Crippen molar-refractivity contribution in [2.75, 3.05) is 0 Å². The van der Waals surface area contributed by atoms with E-state index in [0.29, 0.717) is 16.1 Å². The lowest BCUT2D eigenvalue weighted by atomic mass is 10.1. The van der Waals surface area contributed by atoms with Crippen LogP contribution < -0.4 is 0 Å². The van der Waals surface area contributed by atoms with Crippen LogP contribution in [0.3, 0.4) is 0 Å². The molecule has 0 unspecified atom stereocenters. The van der Waals surface area contributed by atoms with E-state index in [4.69, 9.17) is 16.0 Å². The van der Waals surface area contributed by atoms with Gasteiger partial charge in [-0.3, -0.25) is 0 Å². The lowest BCUT2D eigenvalue weighted by Crippen LogP contribution is -2.06. The first-order valence-corrected chi connectivity index (χ1v) is 9.38. The summed E-state index contributed by atoms with van der Waals surface area (Å²) in [5.41, 5.74) is 1.79. The van der Waals surface area contributed by atoms with Crippen molar-refractivity contribution >= 4 is 21.4 Å². The maximum atomic E-state index is 12.7. The van der Waals surface area contributed by atoms with Gasteiger partial charge in [-0.05, 0) is 42.3 Å². The molecule has 2 aromatic carbocycles. The Kier molecular flexibility index (Phi) is 4.62. The molecule has 1 heterocycles. The van der Waals surface area contributed by atoms with Crippen molar-refractivity contribution in [3.05, 3.63) is 70.4 Å². The van der Waals surface area contributed by atoms with Crippen LogP contribution in [0.1, 0.15) is 16.8 Å². The molecule has 25 heavy (non-hydrogen) atoms. The van der Waals surface area contributed by atoms with Crippen LogP contribution in [0.2, 0.25) is 5.02 Å². The highest BCUT2D eigenvalue weighted by molar-refractivity contribution is 7.90. The van der Waals surface area contributed by atoms with Gasteiger partial charge in [-0.15, -0.1) is 0 Å². The maximum absolute atomic E-state index is 12.7. The third-order valence-electron chi connectivity index (χ3n) is 3.68. The van der Waals surface area contributed by atoms with Crippen LogP contribution in [0, 0.1) is 18.3 Å². The lowest BCUT2D eigenvalue weighted by molar-refractivity contribution is 0.457. The van der Waals surface area contributed by atoms with Crippen molar-refractivity contribution < 1.29 is 12.8 Å². The predicted octanol–water partition coefficient (Wildman–Crippen LogP) is 4.15. The van der Waals surface area contributed by atoms with E-state index in [-0.39, 0.29) is 17.3 Å². The molecule has 3 aromatic rings. The summed E-state index contributed by atoms with van der Waals surface area (Å²) in [5.74, 6) is -0.194. The highest BCUT2D eigenvalue weighted by Gasteiger charge is 2.27. The van der Waals surface area contributed by atoms with Gasteiger partial charge in [-0.2, -0.15) is 10.2 Å². The molecule has 0 saturated carbocycles. The second-order valence-corrected chi connectivity index (χ2v) is 7.78. The molecule has 0 fully saturated rings. The van der Waals surface area contributed by atoms with Crippen molar-refractivity contribution in [1.29, 1.82) is 5.26 Å². The minimum Gasteiger partial charge on any atom is -0.423 e. The van der Waals surface area contributed by atoms with Crippen molar-refractivity contribution in [3.8, 4) is 17.5 Å². The van der Waals surface area contributed by atoms with E-state index in [0.717, 1.165) is 5.56 Å². The molecular formula is C18H13ClN2O3S. The van der Waals surface area contributed by atoms with Crippen LogP contribution >= 0.6 is 11.6 Å². The topological polar surface area (TPSA) is 84.0 Å². The summed E-state index contributed by atoms with van der Waals surface area (Å²) in [6, 6.07) is 15.5. The molecule has 0 N–H and O–H groups in total. The Hall–Kier alpha value is -2.62. The molecule has 5 nitrogen and oxygen atoms in total. The van der Waals surface area contributed by atoms with Gasteiger partial charge in [0.25, 0.3) is 5.09 Å². The second-order valence-electron chi connectivity index (χ2n) is 5.46. The fraction of sp³-hybridized carbons (Fsp3) is 0.111. The number of hydrogen-bond acceptors (Lipinski definition) is 5. The summed E-state index contributed by atoms with van der Waals surface area (Å²) in [6.45, 7) is 1.83. The summed E-state index contributed by atoms with van der Waals surface area (Å²) >= 11 is 5.84. The first-order chi connectivity index (χ1) is 11.9. The van der Waals surface area contributed by atoms with Gasteiger partial charge in [0.1, 0.15) is 6.07 Å². The lowest BCUT2D eigenvalue weighted by Gasteiger charge is -2.05. The number of nitrogens with zero attached hydrogens (tertiary/aromatic N) is 2. The molecule has 1 aromatic heterocycles. The van der Waals surface area contributed by atoms with Crippen molar-refractivity contribution in [2.45, 2.75) is 17.8 Å². The normalized spacial score (nSPS) is 11.2. The smallest absolute Gasteiger partial charge is 0.257 e. The molecule has 0 bridgehead atoms. The third-order valence-corrected chi connectivity index (χ3v) is 5.47. The Morgan fingerprint density at radius 1 is 1.16 bits per heavy atom. The predicted molar refractivity (Wildman–Crippen MR) is 93.7 cm³/mol. The summed E-state index contributed by atoms with van der Waals surface area (Å²) in [6.07, 6.45) is 0. The van der Waals surface area contributed by atoms with Crippen LogP contribution in [-0.4, -0.2) is 13.4 Å². The number of benzene rings is 2. The number of oxazole rings is 1. The molecule has 0 spiro atoms. The first-order valence-electron chi connectivity index (χ1n) is 7.35. The van der Waals surface area contributed by atoms with Crippen LogP contribution in [0.25, 0.3) is 11.5 Å². The molecule has 0 radical (unpaired) electrons. The molecular weight excluding hydrogens is 360 g/mol. The van der Waals surface area contributed by atoms with Crippen molar-refractivity contribution in [3.63, 3.8) is 0 Å². The molecule has 0 amide bonds. The molecule has 0 aliphatic heterocycles. The molecule has 3 rings (SSSR count). The standard InChI is InChI=1S/C18H13ClN2O3S/c1-12-4-2-3-5-14(12)11-25(22,23)18-16(10-20)21-17(24-18)13-6-8-15(19)9-7-13/h2-9H,11H2,1H3. The summed E-state index contributed by atoms with van der Waals surface area (Å²) in [4.78, 5) is 4.01. The van der Waals surface area contributed by atoms with E-state index < -0.39 is 14.9 Å². The highest BCUT2D eigenvalue weighted by Crippen LogP contribution is 2.28. The number of halogens is 1. The first kappa shape index (κ1) is 17.2. The summed E-state index contributed by atoms with van der Waals surface area (Å²) in [5, 5.41) is 9.37. The Balaban J connectivity index is 2.03. The maximum Gasteiger partial charge on any atom is 0.257 e. The zero-order valence-corrected chi connectivity index (χ0v) is 14.8. The van der Waals surface area contributed by atoms with Gasteiger partial charge < -0.3 is 4.42 Å².